The number of benzene rings is 1. The van der Waals surface area contributed by atoms with Gasteiger partial charge < -0.3 is 0 Å². The van der Waals surface area contributed by atoms with Gasteiger partial charge in [0.2, 0.25) is 0 Å². The third kappa shape index (κ3) is 4.01. The fourth-order valence-electron chi connectivity index (χ4n) is 2.89. The molecular weight excluding hydrogens is 442 g/mol. The molecule has 1 aromatic carbocycles. The summed E-state index contributed by atoms with van der Waals surface area (Å²) >= 11 is 7.44. The molecule has 4 rings (SSSR count). The second-order valence-electron chi connectivity index (χ2n) is 6.70. The van der Waals surface area contributed by atoms with Crippen LogP contribution in [0.5, 0.6) is 0 Å². The van der Waals surface area contributed by atoms with Crippen molar-refractivity contribution in [2.45, 2.75) is 6.42 Å². The van der Waals surface area contributed by atoms with Crippen LogP contribution < -0.4 is 0 Å². The van der Waals surface area contributed by atoms with Crippen LogP contribution in [0.25, 0.3) is 21.1 Å². The predicted octanol–water partition coefficient (Wildman–Crippen LogP) is 3.97. The van der Waals surface area contributed by atoms with E-state index in [0.29, 0.717) is 17.1 Å². The molecule has 0 aliphatic rings. The summed E-state index contributed by atoms with van der Waals surface area (Å²) < 4.78 is 27.9. The van der Waals surface area contributed by atoms with Crippen LogP contribution in [0.2, 0.25) is 5.02 Å². The second-order valence-corrected chi connectivity index (χ2v) is 10.2. The average molecular weight is 460 g/mol. The highest BCUT2D eigenvalue weighted by Crippen LogP contribution is 2.37. The highest BCUT2D eigenvalue weighted by Gasteiger charge is 2.24. The quantitative estimate of drug-likeness (QED) is 0.436. The summed E-state index contributed by atoms with van der Waals surface area (Å²) in [6.45, 7) is 0. The van der Waals surface area contributed by atoms with Crippen LogP contribution in [0.3, 0.4) is 0 Å². The van der Waals surface area contributed by atoms with Crippen molar-refractivity contribution in [3.63, 3.8) is 0 Å². The Balaban J connectivity index is 1.86. The van der Waals surface area contributed by atoms with E-state index in [0.717, 1.165) is 31.0 Å². The molecule has 3 heterocycles. The molecule has 0 saturated heterocycles. The van der Waals surface area contributed by atoms with Crippen LogP contribution in [0, 0.1) is 0 Å². The smallest absolute Gasteiger partial charge is 0.265 e. The Morgan fingerprint density at radius 2 is 1.77 bits per heavy atom. The zero-order valence-corrected chi connectivity index (χ0v) is 18.6. The Labute approximate surface area is 183 Å². The van der Waals surface area contributed by atoms with E-state index in [-0.39, 0.29) is 0 Å². The molecule has 30 heavy (non-hydrogen) atoms. The molecule has 0 aliphatic heterocycles. The van der Waals surface area contributed by atoms with Gasteiger partial charge in [0.15, 0.2) is 0 Å². The number of nitrogens with zero attached hydrogens (tertiary/aromatic N) is 5. The maximum atomic E-state index is 12.8. The number of pyridine rings is 1. The van der Waals surface area contributed by atoms with Crippen molar-refractivity contribution in [1.29, 1.82) is 0 Å². The molecule has 3 aromatic heterocycles. The monoisotopic (exact) mass is 459 g/mol. The van der Waals surface area contributed by atoms with Gasteiger partial charge in [0.25, 0.3) is 0 Å². The van der Waals surface area contributed by atoms with E-state index < -0.39 is 10.2 Å². The summed E-state index contributed by atoms with van der Waals surface area (Å²) in [4.78, 5) is 13.7. The van der Waals surface area contributed by atoms with E-state index >= 15 is 0 Å². The highest BCUT2D eigenvalue weighted by atomic mass is 35.5. The molecular formula is C20H18ClN5O2S2. The summed E-state index contributed by atoms with van der Waals surface area (Å²) in [5, 5.41) is 1.44. The first-order valence-corrected chi connectivity index (χ1v) is 11.6. The van der Waals surface area contributed by atoms with Crippen molar-refractivity contribution in [2.75, 3.05) is 14.1 Å². The number of halogens is 1. The zero-order valence-electron chi connectivity index (χ0n) is 16.2. The molecule has 0 saturated carbocycles. The van der Waals surface area contributed by atoms with Gasteiger partial charge in [-0.3, -0.25) is 4.98 Å². The lowest BCUT2D eigenvalue weighted by molar-refractivity contribution is 0.511. The summed E-state index contributed by atoms with van der Waals surface area (Å²) in [6, 6.07) is 11.3. The zero-order chi connectivity index (χ0) is 21.3. The fourth-order valence-corrected chi connectivity index (χ4v) is 5.08. The van der Waals surface area contributed by atoms with Gasteiger partial charge in [0.1, 0.15) is 11.3 Å². The van der Waals surface area contributed by atoms with Crippen molar-refractivity contribution >= 4 is 33.1 Å². The lowest BCUT2D eigenvalue weighted by atomic mass is 10.1. The minimum absolute atomic E-state index is 0.477. The summed E-state index contributed by atoms with van der Waals surface area (Å²) in [5.74, 6) is 0. The van der Waals surface area contributed by atoms with E-state index in [4.69, 9.17) is 16.6 Å². The molecule has 0 unspecified atom stereocenters. The topological polar surface area (TPSA) is 81.0 Å². The largest absolute Gasteiger partial charge is 0.308 e. The molecule has 0 N–H and O–H groups in total. The minimum atomic E-state index is -3.72. The first kappa shape index (κ1) is 20.7. The minimum Gasteiger partial charge on any atom is -0.265 e. The number of aromatic nitrogens is 4. The third-order valence-corrected chi connectivity index (χ3v) is 7.59. The van der Waals surface area contributed by atoms with Gasteiger partial charge in [-0.2, -0.15) is 12.7 Å². The van der Waals surface area contributed by atoms with E-state index in [2.05, 4.69) is 9.97 Å². The summed E-state index contributed by atoms with van der Waals surface area (Å²) in [5.41, 5.74) is 3.18. The standard InChI is InChI=1S/C20H18ClN5O2S2/c1-25(2)30(27,28)26-13-23-12-18(26)19-17(11-14-3-5-16(21)6-4-14)24-20(29-19)15-7-9-22-10-8-15/h3-10,12-13H,11H2,1-2H3. The van der Waals surface area contributed by atoms with Gasteiger partial charge >= 0.3 is 10.2 Å². The number of thiazole rings is 1. The Morgan fingerprint density at radius 3 is 2.43 bits per heavy atom. The van der Waals surface area contributed by atoms with Gasteiger partial charge in [-0.25, -0.2) is 13.9 Å². The number of imidazole rings is 1. The van der Waals surface area contributed by atoms with Crippen molar-refractivity contribution in [3.8, 4) is 21.1 Å². The lowest BCUT2D eigenvalue weighted by Gasteiger charge is -2.14. The first-order chi connectivity index (χ1) is 14.4. The lowest BCUT2D eigenvalue weighted by Crippen LogP contribution is -2.28. The number of hydrogen-bond donors (Lipinski definition) is 0. The maximum absolute atomic E-state index is 12.8. The number of rotatable bonds is 6. The molecule has 0 bridgehead atoms. The van der Waals surface area contributed by atoms with E-state index in [9.17, 15) is 8.42 Å². The molecule has 154 valence electrons. The van der Waals surface area contributed by atoms with Crippen LogP contribution in [0.1, 0.15) is 11.3 Å². The van der Waals surface area contributed by atoms with Crippen molar-refractivity contribution < 1.29 is 8.42 Å². The highest BCUT2D eigenvalue weighted by molar-refractivity contribution is 7.87. The van der Waals surface area contributed by atoms with Crippen molar-refractivity contribution in [2.24, 2.45) is 0 Å². The third-order valence-electron chi connectivity index (χ3n) is 4.46. The summed E-state index contributed by atoms with van der Waals surface area (Å²) in [6.07, 6.45) is 6.80. The number of hydrogen-bond acceptors (Lipinski definition) is 6. The Kier molecular flexibility index (Phi) is 5.70. The molecule has 7 nitrogen and oxygen atoms in total. The van der Waals surface area contributed by atoms with Crippen LogP contribution >= 0.6 is 22.9 Å². The van der Waals surface area contributed by atoms with Crippen LogP contribution in [-0.2, 0) is 16.6 Å². The van der Waals surface area contributed by atoms with Crippen LogP contribution in [0.15, 0.2) is 61.3 Å². The SMILES string of the molecule is CN(C)S(=O)(=O)n1cncc1-c1sc(-c2ccncc2)nc1Cc1ccc(Cl)cc1. The van der Waals surface area contributed by atoms with Gasteiger partial charge in [-0.15, -0.1) is 11.3 Å². The Hall–Kier alpha value is -2.59. The summed E-state index contributed by atoms with van der Waals surface area (Å²) in [7, 11) is -0.746. The molecule has 0 radical (unpaired) electrons. The van der Waals surface area contributed by atoms with E-state index in [1.807, 2.05) is 36.4 Å². The van der Waals surface area contributed by atoms with Gasteiger partial charge in [0, 0.05) is 43.5 Å². The van der Waals surface area contributed by atoms with Crippen LogP contribution in [0.4, 0.5) is 0 Å². The predicted molar refractivity (Wildman–Crippen MR) is 119 cm³/mol. The molecule has 0 atom stereocenters. The van der Waals surface area contributed by atoms with Gasteiger partial charge in [-0.1, -0.05) is 23.7 Å². The van der Waals surface area contributed by atoms with Gasteiger partial charge in [-0.05, 0) is 29.8 Å². The molecule has 0 spiro atoms. The second kappa shape index (κ2) is 8.27. The average Bonchev–Trinajstić information content (AvgIpc) is 3.37. The van der Waals surface area contributed by atoms with Crippen molar-refractivity contribution in [1.82, 2.24) is 23.2 Å². The van der Waals surface area contributed by atoms with Crippen LogP contribution in [-0.4, -0.2) is 45.7 Å². The first-order valence-electron chi connectivity index (χ1n) is 8.96. The van der Waals surface area contributed by atoms with E-state index in [1.54, 1.807) is 18.6 Å². The molecule has 0 amide bonds. The molecule has 4 aromatic rings. The van der Waals surface area contributed by atoms with Crippen molar-refractivity contribution in [3.05, 3.63) is 77.6 Å². The van der Waals surface area contributed by atoms with Gasteiger partial charge in [0.05, 0.1) is 22.5 Å². The maximum Gasteiger partial charge on any atom is 0.308 e. The van der Waals surface area contributed by atoms with E-state index in [1.165, 1.54) is 35.7 Å². The Morgan fingerprint density at radius 1 is 1.07 bits per heavy atom. The molecule has 0 fully saturated rings. The normalized spacial score (nSPS) is 11.9. The molecule has 10 heteroatoms. The Bertz CT molecular complexity index is 1270. The fraction of sp³-hybridized carbons (Fsp3) is 0.150. The molecule has 0 aliphatic carbocycles.